The van der Waals surface area contributed by atoms with Crippen molar-refractivity contribution in [1.82, 2.24) is 0 Å². The Labute approximate surface area is 110 Å². The third-order valence-electron chi connectivity index (χ3n) is 2.77. The Balaban J connectivity index is 2.19. The summed E-state index contributed by atoms with van der Waals surface area (Å²) in [6, 6.07) is 12.2. The van der Waals surface area contributed by atoms with E-state index < -0.39 is 5.82 Å². The van der Waals surface area contributed by atoms with Crippen molar-refractivity contribution in [3.63, 3.8) is 0 Å². The van der Waals surface area contributed by atoms with Crippen molar-refractivity contribution in [2.24, 2.45) is 0 Å². The van der Waals surface area contributed by atoms with Gasteiger partial charge in [-0.3, -0.25) is 0 Å². The molecule has 0 N–H and O–H groups in total. The van der Waals surface area contributed by atoms with Crippen LogP contribution in [0.25, 0.3) is 0 Å². The number of anilines is 1. The van der Waals surface area contributed by atoms with E-state index >= 15 is 0 Å². The molecule has 0 saturated carbocycles. The van der Waals surface area contributed by atoms with Crippen molar-refractivity contribution >= 4 is 5.69 Å². The van der Waals surface area contributed by atoms with Crippen LogP contribution in [0.3, 0.4) is 0 Å². The van der Waals surface area contributed by atoms with E-state index in [1.54, 1.807) is 18.2 Å². The maximum absolute atomic E-state index is 13.3. The highest BCUT2D eigenvalue weighted by Crippen LogP contribution is 2.17. The lowest BCUT2D eigenvalue weighted by Crippen LogP contribution is -2.16. The number of hydrogen-bond acceptors (Lipinski definition) is 2. The Hall–Kier alpha value is -2.41. The second-order valence-corrected chi connectivity index (χ2v) is 4.29. The summed E-state index contributed by atoms with van der Waals surface area (Å²) < 4.78 is 26.1. The van der Waals surface area contributed by atoms with Gasteiger partial charge in [-0.15, -0.1) is 0 Å². The quantitative estimate of drug-likeness (QED) is 0.842. The first-order valence-corrected chi connectivity index (χ1v) is 5.75. The lowest BCUT2D eigenvalue weighted by Gasteiger charge is -2.19. The lowest BCUT2D eigenvalue weighted by atomic mass is 10.1. The van der Waals surface area contributed by atoms with Gasteiger partial charge in [-0.25, -0.2) is 8.78 Å². The van der Waals surface area contributed by atoms with E-state index in [1.165, 1.54) is 24.3 Å². The van der Waals surface area contributed by atoms with Gasteiger partial charge in [0.05, 0.1) is 11.6 Å². The molecule has 0 spiro atoms. The SMILES string of the molecule is CN(Cc1cc(F)cc(C#N)c1)c1ccc(F)cc1. The molecule has 0 bridgehead atoms. The van der Waals surface area contributed by atoms with Gasteiger partial charge >= 0.3 is 0 Å². The molecule has 0 fully saturated rings. The minimum absolute atomic E-state index is 0.294. The largest absolute Gasteiger partial charge is 0.370 e. The second kappa shape index (κ2) is 5.49. The van der Waals surface area contributed by atoms with Crippen LogP contribution in [0.5, 0.6) is 0 Å². The van der Waals surface area contributed by atoms with Crippen LogP contribution in [0, 0.1) is 23.0 Å². The molecule has 2 aromatic carbocycles. The molecule has 96 valence electrons. The fraction of sp³-hybridized carbons (Fsp3) is 0.133. The van der Waals surface area contributed by atoms with Crippen LogP contribution in [0.2, 0.25) is 0 Å². The van der Waals surface area contributed by atoms with Crippen LogP contribution in [0.1, 0.15) is 11.1 Å². The fourth-order valence-corrected chi connectivity index (χ4v) is 1.87. The van der Waals surface area contributed by atoms with E-state index in [9.17, 15) is 8.78 Å². The molecule has 2 rings (SSSR count). The van der Waals surface area contributed by atoms with Gasteiger partial charge in [0.25, 0.3) is 0 Å². The molecular formula is C15H12F2N2. The minimum atomic E-state index is -0.429. The average molecular weight is 258 g/mol. The maximum atomic E-state index is 13.3. The summed E-state index contributed by atoms with van der Waals surface area (Å²) in [6.07, 6.45) is 0. The fourth-order valence-electron chi connectivity index (χ4n) is 1.87. The Morgan fingerprint density at radius 2 is 1.74 bits per heavy atom. The smallest absolute Gasteiger partial charge is 0.124 e. The van der Waals surface area contributed by atoms with E-state index in [0.717, 1.165) is 5.69 Å². The molecule has 0 amide bonds. The number of rotatable bonds is 3. The molecule has 0 unspecified atom stereocenters. The van der Waals surface area contributed by atoms with Crippen molar-refractivity contribution in [2.45, 2.75) is 6.54 Å². The van der Waals surface area contributed by atoms with E-state index in [0.29, 0.717) is 17.7 Å². The van der Waals surface area contributed by atoms with Gasteiger partial charge < -0.3 is 4.90 Å². The highest BCUT2D eigenvalue weighted by molar-refractivity contribution is 5.46. The second-order valence-electron chi connectivity index (χ2n) is 4.29. The van der Waals surface area contributed by atoms with E-state index in [1.807, 2.05) is 18.0 Å². The van der Waals surface area contributed by atoms with Gasteiger partial charge in [0.1, 0.15) is 11.6 Å². The molecule has 2 aromatic rings. The van der Waals surface area contributed by atoms with Crippen molar-refractivity contribution in [3.8, 4) is 6.07 Å². The lowest BCUT2D eigenvalue weighted by molar-refractivity contribution is 0.624. The summed E-state index contributed by atoms with van der Waals surface area (Å²) in [5.41, 5.74) is 1.81. The molecule has 0 radical (unpaired) electrons. The van der Waals surface area contributed by atoms with Crippen molar-refractivity contribution in [1.29, 1.82) is 5.26 Å². The van der Waals surface area contributed by atoms with E-state index in [4.69, 9.17) is 5.26 Å². The number of benzene rings is 2. The summed E-state index contributed by atoms with van der Waals surface area (Å²) in [4.78, 5) is 1.86. The standard InChI is InChI=1S/C15H12F2N2/c1-19(15-4-2-13(16)3-5-15)10-12-6-11(9-18)7-14(17)8-12/h2-8H,10H2,1H3. The highest BCUT2D eigenvalue weighted by Gasteiger charge is 2.05. The highest BCUT2D eigenvalue weighted by atomic mass is 19.1. The summed E-state index contributed by atoms with van der Waals surface area (Å²) >= 11 is 0. The normalized spacial score (nSPS) is 10.0. The molecule has 2 nitrogen and oxygen atoms in total. The Morgan fingerprint density at radius 1 is 1.05 bits per heavy atom. The van der Waals surface area contributed by atoms with Crippen molar-refractivity contribution < 1.29 is 8.78 Å². The van der Waals surface area contributed by atoms with Gasteiger partial charge in [0, 0.05) is 19.3 Å². The summed E-state index contributed by atoms with van der Waals surface area (Å²) in [5.74, 6) is -0.726. The van der Waals surface area contributed by atoms with Crippen molar-refractivity contribution in [3.05, 3.63) is 65.2 Å². The van der Waals surface area contributed by atoms with Crippen LogP contribution >= 0.6 is 0 Å². The van der Waals surface area contributed by atoms with Crippen molar-refractivity contribution in [2.75, 3.05) is 11.9 Å². The molecule has 0 atom stereocenters. The summed E-state index contributed by atoms with van der Waals surface area (Å²) in [5, 5.41) is 8.80. The van der Waals surface area contributed by atoms with Crippen LogP contribution in [0.15, 0.2) is 42.5 Å². The molecule has 0 aromatic heterocycles. The first kappa shape index (κ1) is 13.0. The molecule has 0 heterocycles. The van der Waals surface area contributed by atoms with Crippen LogP contribution in [-0.2, 0) is 6.54 Å². The molecule has 19 heavy (non-hydrogen) atoms. The third-order valence-corrected chi connectivity index (χ3v) is 2.77. The number of hydrogen-bond donors (Lipinski definition) is 0. The Bertz CT molecular complexity index is 615. The summed E-state index contributed by atoms with van der Waals surface area (Å²) in [7, 11) is 1.82. The molecule has 0 aliphatic heterocycles. The van der Waals surface area contributed by atoms with Gasteiger partial charge in [-0.2, -0.15) is 5.26 Å². The first-order valence-electron chi connectivity index (χ1n) is 5.75. The van der Waals surface area contributed by atoms with Gasteiger partial charge in [0.15, 0.2) is 0 Å². The Kier molecular flexibility index (Phi) is 3.76. The van der Waals surface area contributed by atoms with Crippen LogP contribution < -0.4 is 4.90 Å². The number of halogens is 2. The Morgan fingerprint density at radius 3 is 2.37 bits per heavy atom. The number of nitriles is 1. The van der Waals surface area contributed by atoms with Gasteiger partial charge in [-0.1, -0.05) is 0 Å². The molecular weight excluding hydrogens is 246 g/mol. The van der Waals surface area contributed by atoms with Crippen LogP contribution in [-0.4, -0.2) is 7.05 Å². The van der Waals surface area contributed by atoms with E-state index in [-0.39, 0.29) is 5.82 Å². The molecule has 0 aliphatic carbocycles. The molecule has 4 heteroatoms. The maximum Gasteiger partial charge on any atom is 0.124 e. The van der Waals surface area contributed by atoms with E-state index in [2.05, 4.69) is 0 Å². The zero-order valence-electron chi connectivity index (χ0n) is 10.4. The zero-order valence-corrected chi connectivity index (χ0v) is 10.4. The zero-order chi connectivity index (χ0) is 13.8. The topological polar surface area (TPSA) is 27.0 Å². The predicted molar refractivity (Wildman–Crippen MR) is 69.6 cm³/mol. The first-order chi connectivity index (χ1) is 9.08. The predicted octanol–water partition coefficient (Wildman–Crippen LogP) is 3.47. The van der Waals surface area contributed by atoms with Crippen LogP contribution in [0.4, 0.5) is 14.5 Å². The molecule has 0 aliphatic rings. The average Bonchev–Trinajstić information content (AvgIpc) is 2.38. The van der Waals surface area contributed by atoms with Gasteiger partial charge in [-0.05, 0) is 48.0 Å². The molecule has 0 saturated heterocycles. The minimum Gasteiger partial charge on any atom is -0.370 e. The monoisotopic (exact) mass is 258 g/mol. The van der Waals surface area contributed by atoms with Gasteiger partial charge in [0.2, 0.25) is 0 Å². The third kappa shape index (κ3) is 3.29. The summed E-state index contributed by atoms with van der Waals surface area (Å²) in [6.45, 7) is 0.443. The number of nitrogens with zero attached hydrogens (tertiary/aromatic N) is 2.